The number of carbonyl (C=O) groups excluding carboxylic acids is 1. The second-order valence-electron chi connectivity index (χ2n) is 9.09. The molecule has 188 valence electrons. The van der Waals surface area contributed by atoms with Crippen molar-refractivity contribution < 1.29 is 4.79 Å². The van der Waals surface area contributed by atoms with E-state index in [1.54, 1.807) is 18.5 Å². The van der Waals surface area contributed by atoms with Crippen molar-refractivity contribution in [1.29, 1.82) is 0 Å². The summed E-state index contributed by atoms with van der Waals surface area (Å²) in [7, 11) is 0. The van der Waals surface area contributed by atoms with Crippen molar-refractivity contribution >= 4 is 29.6 Å². The van der Waals surface area contributed by atoms with Gasteiger partial charge in [-0.2, -0.15) is 0 Å². The molecule has 1 fully saturated rings. The van der Waals surface area contributed by atoms with Crippen molar-refractivity contribution in [2.45, 2.75) is 41.0 Å². The standard InChI is InChI=1S/C28H40N6O/c1-7-24(20(3)4)12-21(5)32-28(8-2)33-27-13-25(16-31-22(27)6)26(14-29)15-30-10-9-11-34-17-23(18-34)19-35/h7-8,12-16,19-20,23H,2,9-11,17-18,29H2,1,3-6H3,(H,32,33)/b21-12+,24-7+,26-14?,30-15?. The summed E-state index contributed by atoms with van der Waals surface area (Å²) in [6.45, 7) is 17.6. The van der Waals surface area contributed by atoms with Gasteiger partial charge < -0.3 is 20.7 Å². The Kier molecular flexibility index (Phi) is 11.3. The molecule has 0 amide bonds. The number of hydrogen-bond donors (Lipinski definition) is 2. The van der Waals surface area contributed by atoms with Crippen LogP contribution in [0.3, 0.4) is 0 Å². The average Bonchev–Trinajstić information content (AvgIpc) is 2.81. The van der Waals surface area contributed by atoms with Crippen LogP contribution in [-0.2, 0) is 4.79 Å². The topological polar surface area (TPSA) is 96.0 Å². The van der Waals surface area contributed by atoms with Crippen LogP contribution in [0.15, 0.2) is 64.5 Å². The maximum atomic E-state index is 10.7. The van der Waals surface area contributed by atoms with Crippen LogP contribution in [0, 0.1) is 18.8 Å². The van der Waals surface area contributed by atoms with Crippen molar-refractivity contribution in [3.63, 3.8) is 0 Å². The van der Waals surface area contributed by atoms with E-state index in [-0.39, 0.29) is 5.92 Å². The molecule has 1 saturated heterocycles. The first kappa shape index (κ1) is 27.9. The number of nitrogens with zero attached hydrogens (tertiary/aromatic N) is 4. The van der Waals surface area contributed by atoms with Crippen molar-refractivity contribution in [3.05, 3.63) is 65.8 Å². The Hall–Kier alpha value is -3.32. The Labute approximate surface area is 210 Å². The lowest BCUT2D eigenvalue weighted by molar-refractivity contribution is -0.115. The molecule has 2 heterocycles. The molecular formula is C28H40N6O. The number of aromatic nitrogens is 1. The lowest BCUT2D eigenvalue weighted by atomic mass is 10.0. The van der Waals surface area contributed by atoms with E-state index in [0.29, 0.717) is 18.3 Å². The van der Waals surface area contributed by atoms with Crippen LogP contribution in [0.4, 0.5) is 5.69 Å². The van der Waals surface area contributed by atoms with Gasteiger partial charge in [-0.25, -0.2) is 4.99 Å². The molecule has 0 atom stereocenters. The molecule has 7 nitrogen and oxygen atoms in total. The molecule has 0 spiro atoms. The molecule has 1 aromatic heterocycles. The van der Waals surface area contributed by atoms with Gasteiger partial charge in [0.15, 0.2) is 0 Å². The van der Waals surface area contributed by atoms with E-state index in [1.807, 2.05) is 26.8 Å². The van der Waals surface area contributed by atoms with E-state index >= 15 is 0 Å². The Bertz CT molecular complexity index is 1030. The minimum absolute atomic E-state index is 0.207. The number of carbonyl (C=O) groups is 1. The van der Waals surface area contributed by atoms with E-state index in [1.165, 1.54) is 11.8 Å². The highest BCUT2D eigenvalue weighted by atomic mass is 16.1. The molecule has 0 aromatic carbocycles. The second kappa shape index (κ2) is 14.2. The van der Waals surface area contributed by atoms with Crippen LogP contribution in [-0.4, -0.2) is 54.4 Å². The minimum Gasteiger partial charge on any atom is -0.404 e. The van der Waals surface area contributed by atoms with Crippen LogP contribution in [0.25, 0.3) is 5.57 Å². The molecule has 0 saturated carbocycles. The Morgan fingerprint density at radius 1 is 1.40 bits per heavy atom. The summed E-state index contributed by atoms with van der Waals surface area (Å²) >= 11 is 0. The summed E-state index contributed by atoms with van der Waals surface area (Å²) in [6.07, 6.45) is 13.0. The molecule has 0 bridgehead atoms. The highest BCUT2D eigenvalue weighted by molar-refractivity contribution is 6.09. The highest BCUT2D eigenvalue weighted by Gasteiger charge is 2.24. The van der Waals surface area contributed by atoms with Crippen molar-refractivity contribution in [1.82, 2.24) is 15.2 Å². The van der Waals surface area contributed by atoms with Gasteiger partial charge in [0.1, 0.15) is 12.1 Å². The van der Waals surface area contributed by atoms with Crippen LogP contribution < -0.4 is 11.1 Å². The van der Waals surface area contributed by atoms with Crippen LogP contribution in [0.1, 0.15) is 45.4 Å². The lowest BCUT2D eigenvalue weighted by Crippen LogP contribution is -2.47. The molecule has 0 radical (unpaired) electrons. The fourth-order valence-corrected chi connectivity index (χ4v) is 3.76. The summed E-state index contributed by atoms with van der Waals surface area (Å²) in [5.41, 5.74) is 11.3. The summed E-state index contributed by atoms with van der Waals surface area (Å²) in [5, 5.41) is 3.33. The number of allylic oxidation sites excluding steroid dienone is 5. The van der Waals surface area contributed by atoms with Gasteiger partial charge in [-0.1, -0.05) is 26.5 Å². The first-order chi connectivity index (χ1) is 16.8. The van der Waals surface area contributed by atoms with E-state index in [9.17, 15) is 4.79 Å². The Morgan fingerprint density at radius 3 is 2.74 bits per heavy atom. The molecule has 0 aliphatic carbocycles. The van der Waals surface area contributed by atoms with Gasteiger partial charge in [-0.15, -0.1) is 0 Å². The number of nitrogens with one attached hydrogen (secondary N) is 1. The minimum atomic E-state index is 0.207. The Balaban J connectivity index is 2.07. The molecule has 3 N–H and O–H groups in total. The maximum absolute atomic E-state index is 10.7. The van der Waals surface area contributed by atoms with Gasteiger partial charge in [0, 0.05) is 61.0 Å². The third-order valence-electron chi connectivity index (χ3n) is 5.89. The smallest absolute Gasteiger partial charge is 0.130 e. The monoisotopic (exact) mass is 476 g/mol. The average molecular weight is 477 g/mol. The van der Waals surface area contributed by atoms with Gasteiger partial charge in [0.05, 0.1) is 11.4 Å². The Morgan fingerprint density at radius 2 is 2.14 bits per heavy atom. The van der Waals surface area contributed by atoms with Crippen molar-refractivity contribution in [2.24, 2.45) is 27.6 Å². The number of hydrogen-bond acceptors (Lipinski definition) is 6. The molecule has 7 heteroatoms. The fourth-order valence-electron chi connectivity index (χ4n) is 3.76. The van der Waals surface area contributed by atoms with E-state index in [2.05, 4.69) is 52.8 Å². The molecule has 2 rings (SSSR count). The van der Waals surface area contributed by atoms with Gasteiger partial charge in [0.25, 0.3) is 0 Å². The third kappa shape index (κ3) is 8.76. The number of nitrogens with two attached hydrogens (primary N) is 1. The van der Waals surface area contributed by atoms with Gasteiger partial charge in [0.2, 0.25) is 0 Å². The predicted molar refractivity (Wildman–Crippen MR) is 148 cm³/mol. The number of rotatable bonds is 12. The van der Waals surface area contributed by atoms with Crippen LogP contribution >= 0.6 is 0 Å². The van der Waals surface area contributed by atoms with E-state index < -0.39 is 0 Å². The largest absolute Gasteiger partial charge is 0.404 e. The van der Waals surface area contributed by atoms with Gasteiger partial charge >= 0.3 is 0 Å². The number of aldehydes is 1. The number of aliphatic imine (C=N–C) groups is 2. The highest BCUT2D eigenvalue weighted by Crippen LogP contribution is 2.22. The molecule has 1 aromatic rings. The zero-order valence-corrected chi connectivity index (χ0v) is 21.8. The zero-order valence-electron chi connectivity index (χ0n) is 21.8. The molecular weight excluding hydrogens is 436 g/mol. The first-order valence-corrected chi connectivity index (χ1v) is 12.2. The fraction of sp³-hybridized carbons (Fsp3) is 0.429. The normalized spacial score (nSPS) is 16.6. The lowest BCUT2D eigenvalue weighted by Gasteiger charge is -2.35. The first-order valence-electron chi connectivity index (χ1n) is 12.2. The quantitative estimate of drug-likeness (QED) is 0.151. The molecule has 35 heavy (non-hydrogen) atoms. The van der Waals surface area contributed by atoms with E-state index in [0.717, 1.165) is 60.6 Å². The third-order valence-corrected chi connectivity index (χ3v) is 5.89. The number of aryl methyl sites for hydroxylation is 1. The SMILES string of the molecule is C=CC(=Nc1cc(C(C=NCCCN2CC(C=O)C2)=CN)cnc1C)N/C(C)=C/C(=C\C)C(C)C. The van der Waals surface area contributed by atoms with Crippen molar-refractivity contribution in [3.8, 4) is 0 Å². The summed E-state index contributed by atoms with van der Waals surface area (Å²) in [5.74, 6) is 1.30. The second-order valence-corrected chi connectivity index (χ2v) is 9.09. The van der Waals surface area contributed by atoms with Crippen LogP contribution in [0.5, 0.6) is 0 Å². The predicted octanol–water partition coefficient (Wildman–Crippen LogP) is 4.59. The van der Waals surface area contributed by atoms with Crippen LogP contribution in [0.2, 0.25) is 0 Å². The van der Waals surface area contributed by atoms with Gasteiger partial charge in [-0.05, 0) is 63.4 Å². The summed E-state index contributed by atoms with van der Waals surface area (Å²) in [4.78, 5) is 26.8. The molecule has 1 aliphatic heterocycles. The van der Waals surface area contributed by atoms with E-state index in [4.69, 9.17) is 10.7 Å². The number of likely N-dealkylation sites (tertiary alicyclic amines) is 1. The number of amidine groups is 1. The van der Waals surface area contributed by atoms with Gasteiger partial charge in [-0.3, -0.25) is 9.98 Å². The maximum Gasteiger partial charge on any atom is 0.130 e. The van der Waals surface area contributed by atoms with Crippen molar-refractivity contribution in [2.75, 3.05) is 26.2 Å². The molecule has 0 unspecified atom stereocenters. The summed E-state index contributed by atoms with van der Waals surface area (Å²) < 4.78 is 0. The zero-order chi connectivity index (χ0) is 25.8. The number of pyridine rings is 1. The molecule has 1 aliphatic rings. The summed E-state index contributed by atoms with van der Waals surface area (Å²) in [6, 6.07) is 1.96.